The van der Waals surface area contributed by atoms with Gasteiger partial charge in [0.1, 0.15) is 0 Å². The van der Waals surface area contributed by atoms with Gasteiger partial charge in [0.2, 0.25) is 0 Å². The lowest BCUT2D eigenvalue weighted by molar-refractivity contribution is 0.0451. The van der Waals surface area contributed by atoms with Gasteiger partial charge in [0, 0.05) is 49.7 Å². The second-order valence-corrected chi connectivity index (χ2v) is 10.3. The molecule has 2 saturated heterocycles. The SMILES string of the molecule is C=CCN1CC(C2=Nc3ccccc3Sc3sccc32)(N2CCNCC2)N(CC=C)C1=O. The summed E-state index contributed by atoms with van der Waals surface area (Å²) in [5, 5.41) is 5.59. The Morgan fingerprint density at radius 3 is 2.69 bits per heavy atom. The van der Waals surface area contributed by atoms with Crippen LogP contribution in [0.15, 0.2) is 75.1 Å². The van der Waals surface area contributed by atoms with Crippen molar-refractivity contribution in [3.63, 3.8) is 0 Å². The van der Waals surface area contributed by atoms with E-state index in [2.05, 4.69) is 53.0 Å². The molecule has 2 fully saturated rings. The summed E-state index contributed by atoms with van der Waals surface area (Å²) in [4.78, 5) is 26.4. The molecule has 32 heavy (non-hydrogen) atoms. The third kappa shape index (κ3) is 3.42. The van der Waals surface area contributed by atoms with Gasteiger partial charge in [-0.15, -0.1) is 24.5 Å². The second-order valence-electron chi connectivity index (χ2n) is 8.06. The number of carbonyl (C=O) groups is 1. The molecule has 0 saturated carbocycles. The van der Waals surface area contributed by atoms with E-state index in [0.29, 0.717) is 19.6 Å². The molecule has 2 amide bonds. The number of piperazine rings is 1. The predicted octanol–water partition coefficient (Wildman–Crippen LogP) is 4.04. The monoisotopic (exact) mass is 465 g/mol. The average Bonchev–Trinajstić information content (AvgIpc) is 3.33. The van der Waals surface area contributed by atoms with Gasteiger partial charge in [-0.1, -0.05) is 36.0 Å². The fourth-order valence-corrected chi connectivity index (χ4v) is 6.92. The third-order valence-corrected chi connectivity index (χ3v) is 8.44. The first-order valence-corrected chi connectivity index (χ1v) is 12.6. The van der Waals surface area contributed by atoms with Crippen LogP contribution in [0.2, 0.25) is 0 Å². The van der Waals surface area contributed by atoms with Crippen molar-refractivity contribution in [1.29, 1.82) is 0 Å². The molecular weight excluding hydrogens is 438 g/mol. The number of amides is 2. The summed E-state index contributed by atoms with van der Waals surface area (Å²) < 4.78 is 1.22. The zero-order valence-corrected chi connectivity index (χ0v) is 19.6. The summed E-state index contributed by atoms with van der Waals surface area (Å²) in [5.74, 6) is 0. The smallest absolute Gasteiger partial charge is 0.317 e. The van der Waals surface area contributed by atoms with Crippen LogP contribution in [-0.2, 0) is 0 Å². The average molecular weight is 466 g/mol. The molecule has 6 nitrogen and oxygen atoms in total. The fourth-order valence-electron chi connectivity index (χ4n) is 4.83. The molecule has 0 aliphatic carbocycles. The van der Waals surface area contributed by atoms with Crippen molar-refractivity contribution in [1.82, 2.24) is 20.0 Å². The van der Waals surface area contributed by atoms with Crippen LogP contribution in [0.25, 0.3) is 0 Å². The molecular formula is C24H27N5OS2. The van der Waals surface area contributed by atoms with E-state index in [-0.39, 0.29) is 6.03 Å². The minimum absolute atomic E-state index is 0.00740. The van der Waals surface area contributed by atoms with E-state index in [1.54, 1.807) is 29.2 Å². The number of urea groups is 1. The maximum atomic E-state index is 13.6. The van der Waals surface area contributed by atoms with E-state index < -0.39 is 5.66 Å². The minimum atomic E-state index is -0.676. The molecule has 5 rings (SSSR count). The number of rotatable bonds is 6. The largest absolute Gasteiger partial charge is 0.322 e. The van der Waals surface area contributed by atoms with E-state index in [1.807, 2.05) is 21.9 Å². The number of benzene rings is 1. The number of nitrogens with zero attached hydrogens (tertiary/aromatic N) is 4. The van der Waals surface area contributed by atoms with Crippen molar-refractivity contribution in [2.45, 2.75) is 14.8 Å². The van der Waals surface area contributed by atoms with Crippen LogP contribution in [0.5, 0.6) is 0 Å². The van der Waals surface area contributed by atoms with Gasteiger partial charge in [0.25, 0.3) is 0 Å². The first-order valence-electron chi connectivity index (χ1n) is 10.9. The molecule has 2 aromatic rings. The van der Waals surface area contributed by atoms with E-state index >= 15 is 0 Å². The van der Waals surface area contributed by atoms with Gasteiger partial charge in [-0.05, 0) is 23.6 Å². The summed E-state index contributed by atoms with van der Waals surface area (Å²) in [6.07, 6.45) is 3.62. The predicted molar refractivity (Wildman–Crippen MR) is 132 cm³/mol. The maximum absolute atomic E-state index is 13.6. The van der Waals surface area contributed by atoms with Crippen molar-refractivity contribution in [3.8, 4) is 0 Å². The Hall–Kier alpha value is -2.39. The first kappa shape index (κ1) is 21.5. The number of hydrogen-bond acceptors (Lipinski definition) is 6. The minimum Gasteiger partial charge on any atom is -0.317 e. The van der Waals surface area contributed by atoms with E-state index in [4.69, 9.17) is 4.99 Å². The highest BCUT2D eigenvalue weighted by molar-refractivity contribution is 8.01. The van der Waals surface area contributed by atoms with Crippen molar-refractivity contribution in [2.75, 3.05) is 45.8 Å². The van der Waals surface area contributed by atoms with Crippen molar-refractivity contribution >= 4 is 40.5 Å². The van der Waals surface area contributed by atoms with Crippen LogP contribution < -0.4 is 5.32 Å². The zero-order chi connectivity index (χ0) is 22.1. The van der Waals surface area contributed by atoms with Gasteiger partial charge in [0.05, 0.1) is 22.2 Å². The van der Waals surface area contributed by atoms with Crippen LogP contribution in [0.4, 0.5) is 10.5 Å². The molecule has 8 heteroatoms. The first-order chi connectivity index (χ1) is 15.7. The van der Waals surface area contributed by atoms with Crippen LogP contribution >= 0.6 is 23.1 Å². The van der Waals surface area contributed by atoms with E-state index in [1.165, 1.54) is 4.21 Å². The molecule has 3 aliphatic rings. The van der Waals surface area contributed by atoms with Crippen molar-refractivity contribution in [3.05, 3.63) is 66.6 Å². The summed E-state index contributed by atoms with van der Waals surface area (Å²) in [6, 6.07) is 10.4. The lowest BCUT2D eigenvalue weighted by atomic mass is 9.94. The normalized spacial score (nSPS) is 23.4. The van der Waals surface area contributed by atoms with E-state index in [0.717, 1.165) is 48.0 Å². The number of hydrogen-bond donors (Lipinski definition) is 1. The quantitative estimate of drug-likeness (QED) is 0.654. The lowest BCUT2D eigenvalue weighted by Gasteiger charge is -2.47. The van der Waals surface area contributed by atoms with Crippen LogP contribution in [0.3, 0.4) is 0 Å². The highest BCUT2D eigenvalue weighted by Gasteiger charge is 2.57. The van der Waals surface area contributed by atoms with Gasteiger partial charge in [-0.3, -0.25) is 9.80 Å². The fraction of sp³-hybridized carbons (Fsp3) is 0.333. The van der Waals surface area contributed by atoms with Crippen LogP contribution in [-0.4, -0.2) is 77.9 Å². The third-order valence-electron chi connectivity index (χ3n) is 6.22. The summed E-state index contributed by atoms with van der Waals surface area (Å²) in [7, 11) is 0. The maximum Gasteiger partial charge on any atom is 0.322 e. The van der Waals surface area contributed by atoms with Gasteiger partial charge < -0.3 is 10.2 Å². The molecule has 0 spiro atoms. The van der Waals surface area contributed by atoms with Gasteiger partial charge in [-0.2, -0.15) is 0 Å². The van der Waals surface area contributed by atoms with Gasteiger partial charge in [-0.25, -0.2) is 9.79 Å². The Balaban J connectivity index is 1.76. The summed E-state index contributed by atoms with van der Waals surface area (Å²) >= 11 is 3.50. The Morgan fingerprint density at radius 2 is 1.91 bits per heavy atom. The number of para-hydroxylation sites is 1. The zero-order valence-electron chi connectivity index (χ0n) is 18.0. The molecule has 1 aromatic heterocycles. The Morgan fingerprint density at radius 1 is 1.12 bits per heavy atom. The highest BCUT2D eigenvalue weighted by Crippen LogP contribution is 2.46. The van der Waals surface area contributed by atoms with Gasteiger partial charge in [0.15, 0.2) is 5.66 Å². The van der Waals surface area contributed by atoms with Crippen molar-refractivity contribution < 1.29 is 4.79 Å². The highest BCUT2D eigenvalue weighted by atomic mass is 32.2. The molecule has 0 bridgehead atoms. The number of aliphatic imine (C=N–C) groups is 1. The number of nitrogens with one attached hydrogen (secondary N) is 1. The molecule has 0 radical (unpaired) electrons. The molecule has 1 atom stereocenters. The summed E-state index contributed by atoms with van der Waals surface area (Å²) in [5.41, 5.74) is 2.36. The second kappa shape index (κ2) is 8.86. The van der Waals surface area contributed by atoms with Crippen molar-refractivity contribution in [2.24, 2.45) is 4.99 Å². The topological polar surface area (TPSA) is 51.2 Å². The molecule has 3 aliphatic heterocycles. The Bertz CT molecular complexity index is 1070. The molecule has 1 N–H and O–H groups in total. The lowest BCUT2D eigenvalue weighted by Crippen LogP contribution is -2.68. The molecule has 1 aromatic carbocycles. The standard InChI is InChI=1S/C24H27N5OS2/c1-3-12-27-17-24(28-14-10-25-11-15-28,29(13-4-2)23(27)30)21-18-9-16-31-22(18)32-20-8-6-5-7-19(20)26-21/h3-9,16,25H,1-2,10-15,17H2. The number of thiophene rings is 1. The number of carbonyl (C=O) groups excluding carboxylic acids is 1. The molecule has 166 valence electrons. The van der Waals surface area contributed by atoms with Gasteiger partial charge >= 0.3 is 6.03 Å². The molecule has 4 heterocycles. The Labute approximate surface area is 197 Å². The summed E-state index contributed by atoms with van der Waals surface area (Å²) in [6.45, 7) is 12.8. The van der Waals surface area contributed by atoms with Crippen LogP contribution in [0.1, 0.15) is 5.56 Å². The van der Waals surface area contributed by atoms with Crippen LogP contribution in [0, 0.1) is 0 Å². The Kier molecular flexibility index (Phi) is 5.94. The van der Waals surface area contributed by atoms with E-state index in [9.17, 15) is 4.79 Å². The molecule has 1 unspecified atom stereocenters. The number of fused-ring (bicyclic) bond motifs is 2.